The summed E-state index contributed by atoms with van der Waals surface area (Å²) in [4.78, 5) is 4.50. The zero-order valence-electron chi connectivity index (χ0n) is 13.3. The first-order valence-electron chi connectivity index (χ1n) is 7.40. The monoisotopic (exact) mass is 363 g/mol. The van der Waals surface area contributed by atoms with Crippen LogP contribution in [0.25, 0.3) is 11.3 Å². The Balaban J connectivity index is 1.61. The van der Waals surface area contributed by atoms with Gasteiger partial charge in [-0.2, -0.15) is 8.78 Å². The summed E-state index contributed by atoms with van der Waals surface area (Å²) in [5.74, 6) is 1.62. The highest BCUT2D eigenvalue weighted by atomic mass is 32.1. The van der Waals surface area contributed by atoms with Crippen molar-refractivity contribution in [2.45, 2.75) is 13.2 Å². The van der Waals surface area contributed by atoms with E-state index in [4.69, 9.17) is 9.47 Å². The first-order chi connectivity index (χ1) is 12.1. The van der Waals surface area contributed by atoms with E-state index in [1.807, 2.05) is 29.6 Å². The number of thiazole rings is 1. The summed E-state index contributed by atoms with van der Waals surface area (Å²) in [7, 11) is 1.61. The van der Waals surface area contributed by atoms with Crippen LogP contribution in [0.15, 0.2) is 53.9 Å². The van der Waals surface area contributed by atoms with Gasteiger partial charge in [0.1, 0.15) is 28.9 Å². The Hall–Kier alpha value is -2.67. The molecule has 0 fully saturated rings. The molecule has 3 aromatic rings. The van der Waals surface area contributed by atoms with Crippen LogP contribution in [0.2, 0.25) is 0 Å². The lowest BCUT2D eigenvalue weighted by Crippen LogP contribution is -2.01. The van der Waals surface area contributed by atoms with Gasteiger partial charge in [0.25, 0.3) is 0 Å². The standard InChI is InChI=1S/C18H15F2NO3S/c1-22-13-6-8-14(9-7-13)23-10-17-21-16(11-25-17)12-2-4-15(5-3-12)24-18(19)20/h2-9,11,18H,10H2,1H3. The van der Waals surface area contributed by atoms with Crippen LogP contribution in [0.4, 0.5) is 8.78 Å². The number of halogens is 2. The van der Waals surface area contributed by atoms with Crippen LogP contribution in [0.1, 0.15) is 5.01 Å². The molecule has 0 saturated heterocycles. The second kappa shape index (κ2) is 7.94. The van der Waals surface area contributed by atoms with Gasteiger partial charge in [0, 0.05) is 10.9 Å². The molecule has 0 bridgehead atoms. The summed E-state index contributed by atoms with van der Waals surface area (Å²) in [6.07, 6.45) is 0. The molecular formula is C18H15F2NO3S. The third-order valence-corrected chi connectivity index (χ3v) is 4.17. The molecule has 0 aliphatic heterocycles. The van der Waals surface area contributed by atoms with E-state index in [0.717, 1.165) is 27.8 Å². The van der Waals surface area contributed by atoms with Crippen LogP contribution >= 0.6 is 11.3 Å². The molecule has 0 aliphatic rings. The molecule has 25 heavy (non-hydrogen) atoms. The van der Waals surface area contributed by atoms with E-state index in [1.165, 1.54) is 23.5 Å². The van der Waals surface area contributed by atoms with Gasteiger partial charge in [0.2, 0.25) is 0 Å². The molecule has 0 radical (unpaired) electrons. The minimum atomic E-state index is -2.83. The summed E-state index contributed by atoms with van der Waals surface area (Å²) in [5.41, 5.74) is 1.59. The highest BCUT2D eigenvalue weighted by Gasteiger charge is 2.08. The molecule has 0 amide bonds. The molecule has 1 heterocycles. The van der Waals surface area contributed by atoms with Crippen LogP contribution in [0.3, 0.4) is 0 Å². The molecular weight excluding hydrogens is 348 g/mol. The average molecular weight is 363 g/mol. The second-order valence-electron chi connectivity index (χ2n) is 4.99. The average Bonchev–Trinajstić information content (AvgIpc) is 3.09. The van der Waals surface area contributed by atoms with Crippen molar-refractivity contribution in [3.63, 3.8) is 0 Å². The number of alkyl halides is 2. The van der Waals surface area contributed by atoms with Gasteiger partial charge in [-0.1, -0.05) is 0 Å². The number of rotatable bonds is 7. The predicted molar refractivity (Wildman–Crippen MR) is 91.5 cm³/mol. The fraction of sp³-hybridized carbons (Fsp3) is 0.167. The van der Waals surface area contributed by atoms with E-state index in [-0.39, 0.29) is 5.75 Å². The first kappa shape index (κ1) is 17.2. The minimum absolute atomic E-state index is 0.122. The maximum atomic E-state index is 12.2. The van der Waals surface area contributed by atoms with E-state index in [2.05, 4.69) is 9.72 Å². The van der Waals surface area contributed by atoms with Crippen LogP contribution in [-0.2, 0) is 6.61 Å². The van der Waals surface area contributed by atoms with E-state index < -0.39 is 6.61 Å². The van der Waals surface area contributed by atoms with Gasteiger partial charge in [0.15, 0.2) is 0 Å². The Morgan fingerprint density at radius 1 is 0.960 bits per heavy atom. The molecule has 0 aliphatic carbocycles. The van der Waals surface area contributed by atoms with Crippen molar-refractivity contribution >= 4 is 11.3 Å². The Morgan fingerprint density at radius 2 is 1.60 bits per heavy atom. The second-order valence-corrected chi connectivity index (χ2v) is 5.94. The quantitative estimate of drug-likeness (QED) is 0.592. The Kier molecular flexibility index (Phi) is 5.45. The number of methoxy groups -OCH3 is 1. The molecule has 4 nitrogen and oxygen atoms in total. The highest BCUT2D eigenvalue weighted by molar-refractivity contribution is 7.09. The number of ether oxygens (including phenoxy) is 3. The lowest BCUT2D eigenvalue weighted by atomic mass is 10.2. The van der Waals surface area contributed by atoms with Crippen molar-refractivity contribution in [1.82, 2.24) is 4.98 Å². The SMILES string of the molecule is COc1ccc(OCc2nc(-c3ccc(OC(F)F)cc3)cs2)cc1. The van der Waals surface area contributed by atoms with E-state index in [9.17, 15) is 8.78 Å². The largest absolute Gasteiger partial charge is 0.497 e. The number of aromatic nitrogens is 1. The molecule has 0 spiro atoms. The number of nitrogens with zero attached hydrogens (tertiary/aromatic N) is 1. The lowest BCUT2D eigenvalue weighted by Gasteiger charge is -2.05. The van der Waals surface area contributed by atoms with Gasteiger partial charge in [-0.15, -0.1) is 11.3 Å². The van der Waals surface area contributed by atoms with Crippen molar-refractivity contribution < 1.29 is 23.0 Å². The molecule has 7 heteroatoms. The zero-order valence-corrected chi connectivity index (χ0v) is 14.1. The Bertz CT molecular complexity index is 804. The summed E-state index contributed by atoms with van der Waals surface area (Å²) < 4.78 is 39.4. The van der Waals surface area contributed by atoms with Crippen molar-refractivity contribution in [3.8, 4) is 28.5 Å². The van der Waals surface area contributed by atoms with Crippen LogP contribution in [0, 0.1) is 0 Å². The Labute approximate surface area is 147 Å². The third-order valence-electron chi connectivity index (χ3n) is 3.35. The van der Waals surface area contributed by atoms with Crippen LogP contribution in [0.5, 0.6) is 17.2 Å². The van der Waals surface area contributed by atoms with E-state index >= 15 is 0 Å². The normalized spacial score (nSPS) is 10.7. The molecule has 0 unspecified atom stereocenters. The number of benzene rings is 2. The Morgan fingerprint density at radius 3 is 2.24 bits per heavy atom. The van der Waals surface area contributed by atoms with Crippen molar-refractivity contribution in [2.75, 3.05) is 7.11 Å². The van der Waals surface area contributed by atoms with Crippen molar-refractivity contribution in [1.29, 1.82) is 0 Å². The zero-order chi connectivity index (χ0) is 17.6. The van der Waals surface area contributed by atoms with Gasteiger partial charge in [-0.05, 0) is 48.5 Å². The molecule has 130 valence electrons. The molecule has 0 saturated carbocycles. The third kappa shape index (κ3) is 4.67. The summed E-state index contributed by atoms with van der Waals surface area (Å²) in [6.45, 7) is -2.48. The summed E-state index contributed by atoms with van der Waals surface area (Å²) in [6, 6.07) is 13.7. The van der Waals surface area contributed by atoms with Gasteiger partial charge in [0.05, 0.1) is 12.8 Å². The van der Waals surface area contributed by atoms with Gasteiger partial charge >= 0.3 is 6.61 Å². The molecule has 0 N–H and O–H groups in total. The molecule has 1 aromatic heterocycles. The van der Waals surface area contributed by atoms with Gasteiger partial charge < -0.3 is 14.2 Å². The summed E-state index contributed by atoms with van der Waals surface area (Å²) in [5, 5.41) is 2.72. The van der Waals surface area contributed by atoms with Gasteiger partial charge in [-0.3, -0.25) is 0 Å². The number of hydrogen-bond donors (Lipinski definition) is 0. The minimum Gasteiger partial charge on any atom is -0.497 e. The molecule has 3 rings (SSSR count). The fourth-order valence-electron chi connectivity index (χ4n) is 2.13. The predicted octanol–water partition coefficient (Wildman–Crippen LogP) is 5.00. The van der Waals surface area contributed by atoms with Crippen molar-refractivity contribution in [2.24, 2.45) is 0 Å². The van der Waals surface area contributed by atoms with Crippen LogP contribution in [-0.4, -0.2) is 18.7 Å². The molecule has 2 aromatic carbocycles. The maximum Gasteiger partial charge on any atom is 0.387 e. The topological polar surface area (TPSA) is 40.6 Å². The highest BCUT2D eigenvalue weighted by Crippen LogP contribution is 2.26. The lowest BCUT2D eigenvalue weighted by molar-refractivity contribution is -0.0498. The smallest absolute Gasteiger partial charge is 0.387 e. The van der Waals surface area contributed by atoms with Crippen molar-refractivity contribution in [3.05, 3.63) is 58.9 Å². The first-order valence-corrected chi connectivity index (χ1v) is 8.28. The van der Waals surface area contributed by atoms with E-state index in [0.29, 0.717) is 6.61 Å². The summed E-state index contributed by atoms with van der Waals surface area (Å²) >= 11 is 1.47. The van der Waals surface area contributed by atoms with E-state index in [1.54, 1.807) is 19.2 Å². The number of hydrogen-bond acceptors (Lipinski definition) is 5. The van der Waals surface area contributed by atoms with Crippen LogP contribution < -0.4 is 14.2 Å². The molecule has 0 atom stereocenters. The van der Waals surface area contributed by atoms with Gasteiger partial charge in [-0.25, -0.2) is 4.98 Å². The fourth-order valence-corrected chi connectivity index (χ4v) is 2.85. The maximum absolute atomic E-state index is 12.2.